The molecule has 0 atom stereocenters. The van der Waals surface area contributed by atoms with Crippen molar-refractivity contribution < 1.29 is 0 Å². The van der Waals surface area contributed by atoms with Crippen molar-refractivity contribution in [3.8, 4) is 11.3 Å². The minimum atomic E-state index is -1.97. The van der Waals surface area contributed by atoms with Gasteiger partial charge in [-0.25, -0.2) is 0 Å². The van der Waals surface area contributed by atoms with Crippen molar-refractivity contribution in [2.45, 2.75) is 59.5 Å². The first-order valence-corrected chi connectivity index (χ1v) is 15.3. The number of pyridine rings is 1. The van der Waals surface area contributed by atoms with Crippen LogP contribution >= 0.6 is 0 Å². The smallest absolute Gasteiger partial charge is 0.118 e. The first-order valence-electron chi connectivity index (χ1n) is 12.9. The normalized spacial score (nSPS) is 12.3. The van der Waals surface area contributed by atoms with Gasteiger partial charge in [0.15, 0.2) is 0 Å². The molecule has 34 heavy (non-hydrogen) atoms. The standard InChI is InChI=1S/C32H39NSi/c1-23(2)21-34(22-24(3)4,28-13-8-7-9-14-28)29-16-17-33-32(20-29)27-18-26-12-10-11-15-30(26)31(19-27)25(5)6/h7-20,23-25H,21-22H2,1-6H3. The third-order valence-electron chi connectivity index (χ3n) is 6.96. The van der Waals surface area contributed by atoms with Crippen molar-refractivity contribution in [2.24, 2.45) is 11.8 Å². The summed E-state index contributed by atoms with van der Waals surface area (Å²) in [5.74, 6) is 1.76. The highest BCUT2D eigenvalue weighted by molar-refractivity contribution is 7.02. The summed E-state index contributed by atoms with van der Waals surface area (Å²) in [5.41, 5.74) is 3.73. The van der Waals surface area contributed by atoms with Crippen LogP contribution in [-0.2, 0) is 0 Å². The second kappa shape index (κ2) is 10.3. The molecule has 2 heteroatoms. The number of rotatable bonds is 8. The molecule has 0 saturated carbocycles. The van der Waals surface area contributed by atoms with E-state index in [9.17, 15) is 0 Å². The van der Waals surface area contributed by atoms with E-state index in [0.29, 0.717) is 17.8 Å². The highest BCUT2D eigenvalue weighted by atomic mass is 28.3. The van der Waals surface area contributed by atoms with Crippen LogP contribution in [0, 0.1) is 11.8 Å². The van der Waals surface area contributed by atoms with Crippen LogP contribution in [0.15, 0.2) is 85.1 Å². The molecule has 0 aliphatic carbocycles. The molecule has 1 nitrogen and oxygen atoms in total. The SMILES string of the molecule is CC(C)C[Si](CC(C)C)(c1ccccc1)c1ccnc(-c2cc(C(C)C)c3ccccc3c2)c1. The Morgan fingerprint density at radius 2 is 1.32 bits per heavy atom. The fourth-order valence-electron chi connectivity index (χ4n) is 5.72. The third kappa shape index (κ3) is 5.03. The number of nitrogens with zero attached hydrogens (tertiary/aromatic N) is 1. The second-order valence-electron chi connectivity index (χ2n) is 11.0. The van der Waals surface area contributed by atoms with Crippen LogP contribution in [0.1, 0.15) is 53.0 Å². The van der Waals surface area contributed by atoms with Crippen molar-refractivity contribution in [3.63, 3.8) is 0 Å². The van der Waals surface area contributed by atoms with Gasteiger partial charge in [0, 0.05) is 11.8 Å². The number of aromatic nitrogens is 1. The Labute approximate surface area is 207 Å². The molecule has 0 unspecified atom stereocenters. The Kier molecular flexibility index (Phi) is 7.38. The molecule has 0 N–H and O–H groups in total. The monoisotopic (exact) mass is 465 g/mol. The van der Waals surface area contributed by atoms with E-state index in [2.05, 4.69) is 127 Å². The third-order valence-corrected chi connectivity index (χ3v) is 12.8. The van der Waals surface area contributed by atoms with Gasteiger partial charge in [0.05, 0.1) is 5.69 Å². The zero-order valence-corrected chi connectivity index (χ0v) is 22.7. The van der Waals surface area contributed by atoms with Crippen LogP contribution in [0.3, 0.4) is 0 Å². The van der Waals surface area contributed by atoms with E-state index in [-0.39, 0.29) is 0 Å². The molecule has 0 aliphatic heterocycles. The van der Waals surface area contributed by atoms with Gasteiger partial charge in [-0.15, -0.1) is 0 Å². The van der Waals surface area contributed by atoms with Crippen molar-refractivity contribution in [3.05, 3.63) is 90.6 Å². The van der Waals surface area contributed by atoms with Crippen LogP contribution in [0.4, 0.5) is 0 Å². The fraction of sp³-hybridized carbons (Fsp3) is 0.344. The minimum absolute atomic E-state index is 0.465. The van der Waals surface area contributed by atoms with Crippen LogP contribution in [0.25, 0.3) is 22.0 Å². The predicted molar refractivity (Wildman–Crippen MR) is 152 cm³/mol. The molecule has 0 radical (unpaired) electrons. The summed E-state index contributed by atoms with van der Waals surface area (Å²) in [6, 6.07) is 32.1. The summed E-state index contributed by atoms with van der Waals surface area (Å²) in [6.07, 6.45) is 2.06. The maximum Gasteiger partial charge on any atom is 0.118 e. The molecule has 0 amide bonds. The minimum Gasteiger partial charge on any atom is -0.256 e. The molecule has 0 bridgehead atoms. The van der Waals surface area contributed by atoms with Gasteiger partial charge in [-0.05, 0) is 70.4 Å². The maximum atomic E-state index is 4.90. The van der Waals surface area contributed by atoms with Crippen LogP contribution in [-0.4, -0.2) is 13.1 Å². The van der Waals surface area contributed by atoms with Crippen molar-refractivity contribution >= 4 is 29.2 Å². The lowest BCUT2D eigenvalue weighted by Gasteiger charge is -2.36. The Hall–Kier alpha value is -2.71. The predicted octanol–water partition coefficient (Wildman–Crippen LogP) is 7.90. The lowest BCUT2D eigenvalue weighted by atomic mass is 9.93. The van der Waals surface area contributed by atoms with Gasteiger partial charge in [0.2, 0.25) is 0 Å². The summed E-state index contributed by atoms with van der Waals surface area (Å²) in [4.78, 5) is 4.90. The topological polar surface area (TPSA) is 12.9 Å². The summed E-state index contributed by atoms with van der Waals surface area (Å²) < 4.78 is 0. The van der Waals surface area contributed by atoms with E-state index in [1.54, 1.807) is 5.19 Å². The number of hydrogen-bond acceptors (Lipinski definition) is 1. The first kappa shape index (κ1) is 24.4. The number of fused-ring (bicyclic) bond motifs is 1. The summed E-state index contributed by atoms with van der Waals surface area (Å²) in [5, 5.41) is 5.72. The van der Waals surface area contributed by atoms with Crippen LogP contribution < -0.4 is 10.4 Å². The fourth-order valence-corrected chi connectivity index (χ4v) is 11.6. The van der Waals surface area contributed by atoms with Crippen LogP contribution in [0.2, 0.25) is 12.1 Å². The average Bonchev–Trinajstić information content (AvgIpc) is 2.82. The Morgan fingerprint density at radius 1 is 0.676 bits per heavy atom. The quantitative estimate of drug-likeness (QED) is 0.241. The molecule has 1 aromatic heterocycles. The molecular weight excluding hydrogens is 426 g/mol. The molecule has 4 aromatic rings. The van der Waals surface area contributed by atoms with Gasteiger partial charge in [-0.1, -0.05) is 107 Å². The van der Waals surface area contributed by atoms with Gasteiger partial charge in [0.25, 0.3) is 0 Å². The van der Waals surface area contributed by atoms with Crippen molar-refractivity contribution in [1.29, 1.82) is 0 Å². The Morgan fingerprint density at radius 3 is 1.97 bits per heavy atom. The van der Waals surface area contributed by atoms with E-state index in [1.165, 1.54) is 39.2 Å². The Bertz CT molecular complexity index is 1230. The number of hydrogen-bond donors (Lipinski definition) is 0. The molecular formula is C32H39NSi. The zero-order chi connectivity index (χ0) is 24.3. The van der Waals surface area contributed by atoms with Crippen molar-refractivity contribution in [1.82, 2.24) is 4.98 Å². The summed E-state index contributed by atoms with van der Waals surface area (Å²) in [7, 11) is -1.97. The van der Waals surface area contributed by atoms with Crippen LogP contribution in [0.5, 0.6) is 0 Å². The molecule has 176 valence electrons. The second-order valence-corrected chi connectivity index (χ2v) is 15.2. The van der Waals surface area contributed by atoms with Gasteiger partial charge in [-0.2, -0.15) is 0 Å². The molecule has 4 rings (SSSR count). The van der Waals surface area contributed by atoms with Crippen molar-refractivity contribution in [2.75, 3.05) is 0 Å². The molecule has 0 aliphatic rings. The molecule has 3 aromatic carbocycles. The van der Waals surface area contributed by atoms with Gasteiger partial charge >= 0.3 is 0 Å². The number of benzene rings is 3. The highest BCUT2D eigenvalue weighted by Crippen LogP contribution is 2.32. The molecule has 0 saturated heterocycles. The maximum absolute atomic E-state index is 4.90. The van der Waals surface area contributed by atoms with E-state index >= 15 is 0 Å². The lowest BCUT2D eigenvalue weighted by Crippen LogP contribution is -2.59. The molecule has 0 fully saturated rings. The Balaban J connectivity index is 1.92. The summed E-state index contributed by atoms with van der Waals surface area (Å²) >= 11 is 0. The molecule has 0 spiro atoms. The largest absolute Gasteiger partial charge is 0.256 e. The average molecular weight is 466 g/mol. The molecule has 1 heterocycles. The van der Waals surface area contributed by atoms with Gasteiger partial charge < -0.3 is 0 Å². The highest BCUT2D eigenvalue weighted by Gasteiger charge is 2.38. The van der Waals surface area contributed by atoms with E-state index in [0.717, 1.165) is 5.69 Å². The lowest BCUT2D eigenvalue weighted by molar-refractivity contribution is 0.687. The van der Waals surface area contributed by atoms with Gasteiger partial charge in [0.1, 0.15) is 8.07 Å². The summed E-state index contributed by atoms with van der Waals surface area (Å²) in [6.45, 7) is 14.1. The van der Waals surface area contributed by atoms with Gasteiger partial charge in [-0.3, -0.25) is 4.98 Å². The zero-order valence-electron chi connectivity index (χ0n) is 21.7. The van der Waals surface area contributed by atoms with E-state index < -0.39 is 8.07 Å². The van der Waals surface area contributed by atoms with E-state index in [4.69, 9.17) is 4.98 Å². The van der Waals surface area contributed by atoms with E-state index in [1.807, 2.05) is 0 Å². The first-order chi connectivity index (χ1) is 16.3.